The number of hydrogen-bond acceptors (Lipinski definition) is 7. The Morgan fingerprint density at radius 3 is 2.52 bits per heavy atom. The van der Waals surface area contributed by atoms with Crippen molar-refractivity contribution in [3.8, 4) is 16.9 Å². The Labute approximate surface area is 237 Å². The summed E-state index contributed by atoms with van der Waals surface area (Å²) < 4.78 is 25.4. The summed E-state index contributed by atoms with van der Waals surface area (Å²) in [4.78, 5) is 26.7. The smallest absolute Gasteiger partial charge is 0.235 e. The van der Waals surface area contributed by atoms with E-state index in [-0.39, 0.29) is 12.4 Å². The van der Waals surface area contributed by atoms with Gasteiger partial charge in [-0.3, -0.25) is 9.59 Å². The first-order chi connectivity index (χ1) is 19.4. The van der Waals surface area contributed by atoms with Gasteiger partial charge >= 0.3 is 0 Å². The number of aliphatic hydroxyl groups excluding tert-OH is 1. The van der Waals surface area contributed by atoms with Crippen molar-refractivity contribution in [2.24, 2.45) is 0 Å². The number of Topliss-reactive ketones (excluding diaryl/α,β-unsaturated/α-hetero) is 1. The molecular weight excluding hydrogens is 529 g/mol. The Kier molecular flexibility index (Phi) is 8.69. The molecule has 40 heavy (non-hydrogen) atoms. The van der Waals surface area contributed by atoms with E-state index in [4.69, 9.17) is 9.47 Å². The van der Waals surface area contributed by atoms with Crippen molar-refractivity contribution in [3.63, 3.8) is 0 Å². The molecule has 0 saturated carbocycles. The number of aliphatic hydroxyl groups is 1. The number of nitrogens with zero attached hydrogens (tertiary/aromatic N) is 1. The first-order valence-corrected chi connectivity index (χ1v) is 14.4. The van der Waals surface area contributed by atoms with Crippen molar-refractivity contribution in [1.29, 1.82) is 0 Å². The van der Waals surface area contributed by atoms with Crippen LogP contribution in [0.4, 0.5) is 4.39 Å². The molecule has 5 rings (SSSR count). The van der Waals surface area contributed by atoms with Crippen LogP contribution in [0.1, 0.15) is 24.0 Å². The van der Waals surface area contributed by atoms with E-state index in [1.807, 2.05) is 55.5 Å². The number of halogens is 1. The van der Waals surface area contributed by atoms with E-state index in [2.05, 4.69) is 4.90 Å². The van der Waals surface area contributed by atoms with Gasteiger partial charge < -0.3 is 19.5 Å². The molecule has 0 amide bonds. The molecule has 3 aromatic carbocycles. The average molecular weight is 562 g/mol. The van der Waals surface area contributed by atoms with E-state index in [1.54, 1.807) is 0 Å². The molecule has 1 atom stereocenters. The summed E-state index contributed by atoms with van der Waals surface area (Å²) in [6, 6.07) is 21.8. The number of ether oxygens (including phenoxy) is 2. The molecular formula is C32H32FNO5S. The highest BCUT2D eigenvalue weighted by Crippen LogP contribution is 2.45. The van der Waals surface area contributed by atoms with Gasteiger partial charge in [-0.2, -0.15) is 0 Å². The van der Waals surface area contributed by atoms with Crippen LogP contribution < -0.4 is 4.74 Å². The van der Waals surface area contributed by atoms with E-state index in [0.29, 0.717) is 48.1 Å². The third-order valence-corrected chi connectivity index (χ3v) is 8.76. The van der Waals surface area contributed by atoms with E-state index in [0.717, 1.165) is 35.1 Å². The number of β-amino-alcohol motifs (C(OH)–C–C–N with tert-alkyl or cyclic N) is 1. The summed E-state index contributed by atoms with van der Waals surface area (Å²) >= 11 is 1.40. The summed E-state index contributed by atoms with van der Waals surface area (Å²) in [6.07, 6.45) is 1.10. The molecule has 0 aromatic heterocycles. The Bertz CT molecular complexity index is 1380. The number of piperidine rings is 1. The molecule has 1 spiro atoms. The van der Waals surface area contributed by atoms with E-state index in [9.17, 15) is 19.1 Å². The van der Waals surface area contributed by atoms with Crippen LogP contribution in [0, 0.1) is 12.7 Å². The monoisotopic (exact) mass is 561 g/mol. The molecule has 2 heterocycles. The van der Waals surface area contributed by atoms with E-state index in [1.165, 1.54) is 36.0 Å². The lowest BCUT2D eigenvalue weighted by molar-refractivity contribution is -0.127. The fourth-order valence-corrected chi connectivity index (χ4v) is 6.34. The predicted octanol–water partition coefficient (Wildman–Crippen LogP) is 5.28. The van der Waals surface area contributed by atoms with Crippen LogP contribution in [0.5, 0.6) is 5.75 Å². The largest absolute Gasteiger partial charge is 0.491 e. The fraction of sp³-hybridized carbons (Fsp3) is 0.312. The van der Waals surface area contributed by atoms with Gasteiger partial charge in [-0.1, -0.05) is 42.5 Å². The molecule has 0 aliphatic carbocycles. The third kappa shape index (κ3) is 6.46. The van der Waals surface area contributed by atoms with Gasteiger partial charge in [0.2, 0.25) is 5.78 Å². The van der Waals surface area contributed by atoms with Crippen LogP contribution in [-0.2, 0) is 14.3 Å². The zero-order chi connectivity index (χ0) is 28.1. The maximum absolute atomic E-state index is 13.1. The molecule has 1 saturated heterocycles. The van der Waals surface area contributed by atoms with Crippen molar-refractivity contribution in [2.75, 3.05) is 32.0 Å². The Balaban J connectivity index is 1.28. The molecule has 208 valence electrons. The van der Waals surface area contributed by atoms with Crippen molar-refractivity contribution >= 4 is 29.6 Å². The van der Waals surface area contributed by atoms with Crippen LogP contribution in [0.15, 0.2) is 77.7 Å². The van der Waals surface area contributed by atoms with Gasteiger partial charge in [-0.05, 0) is 53.9 Å². The minimum atomic E-state index is -0.698. The Morgan fingerprint density at radius 2 is 1.82 bits per heavy atom. The maximum Gasteiger partial charge on any atom is 0.235 e. The van der Waals surface area contributed by atoms with Crippen LogP contribution >= 0.6 is 11.8 Å². The van der Waals surface area contributed by atoms with Gasteiger partial charge in [-0.15, -0.1) is 11.8 Å². The maximum atomic E-state index is 13.1. The number of hydrogen-bond donors (Lipinski definition) is 1. The van der Waals surface area contributed by atoms with Crippen LogP contribution in [-0.4, -0.2) is 65.8 Å². The van der Waals surface area contributed by atoms with Crippen molar-refractivity contribution in [1.82, 2.24) is 4.90 Å². The standard InChI is InChI=1S/C32H32FNO5S/c1-22-7-8-24(23-5-3-2-4-6-23)17-28(22)30-31(29(37)19-35)40-21-32(39-30)13-15-34(16-14-32)18-26(36)20-38-27-11-9-25(33)10-12-27/h2-12,17,19,26,36H,13-16,18,20-21H2,1H3. The first kappa shape index (κ1) is 28.1. The number of aldehydes is 1. The molecule has 1 fully saturated rings. The number of likely N-dealkylation sites (tertiary alicyclic amines) is 1. The fourth-order valence-electron chi connectivity index (χ4n) is 5.12. The highest BCUT2D eigenvalue weighted by atomic mass is 32.2. The number of carbonyl (C=O) groups excluding carboxylic acids is 2. The number of thioether (sulfide) groups is 1. The SMILES string of the molecule is Cc1ccc(-c2ccccc2)cc1C1=C(C(=O)C=O)SCC2(CCN(CC(O)COc3ccc(F)cc3)CC2)O1. The number of aryl methyl sites for hydroxylation is 1. The quantitative estimate of drug-likeness (QED) is 0.282. The van der Waals surface area contributed by atoms with Gasteiger partial charge in [0.15, 0.2) is 6.29 Å². The minimum Gasteiger partial charge on any atom is -0.491 e. The second-order valence-corrected chi connectivity index (χ2v) is 11.3. The van der Waals surface area contributed by atoms with Crippen molar-refractivity contribution in [3.05, 3.63) is 94.6 Å². The molecule has 1 unspecified atom stereocenters. The molecule has 8 heteroatoms. The van der Waals surface area contributed by atoms with Gasteiger partial charge in [0.25, 0.3) is 0 Å². The van der Waals surface area contributed by atoms with Crippen LogP contribution in [0.2, 0.25) is 0 Å². The highest BCUT2D eigenvalue weighted by molar-refractivity contribution is 8.04. The lowest BCUT2D eigenvalue weighted by Gasteiger charge is -2.45. The lowest BCUT2D eigenvalue weighted by atomic mass is 9.91. The Morgan fingerprint density at radius 1 is 1.10 bits per heavy atom. The Hall–Kier alpha value is -3.46. The van der Waals surface area contributed by atoms with Crippen molar-refractivity contribution < 1.29 is 28.6 Å². The summed E-state index contributed by atoms with van der Waals surface area (Å²) in [5.74, 6) is 0.661. The van der Waals surface area contributed by atoms with Gasteiger partial charge in [0, 0.05) is 43.8 Å². The van der Waals surface area contributed by atoms with E-state index >= 15 is 0 Å². The summed E-state index contributed by atoms with van der Waals surface area (Å²) in [7, 11) is 0. The van der Waals surface area contributed by atoms with Crippen LogP contribution in [0.3, 0.4) is 0 Å². The number of rotatable bonds is 9. The summed E-state index contributed by atoms with van der Waals surface area (Å²) in [6.45, 7) is 3.96. The van der Waals surface area contributed by atoms with E-state index < -0.39 is 17.5 Å². The average Bonchev–Trinajstić information content (AvgIpc) is 2.98. The van der Waals surface area contributed by atoms with Gasteiger partial charge in [0.05, 0.1) is 0 Å². The normalized spacial score (nSPS) is 17.8. The van der Waals surface area contributed by atoms with Gasteiger partial charge in [0.1, 0.15) is 40.5 Å². The molecule has 2 aliphatic heterocycles. The molecule has 3 aromatic rings. The topological polar surface area (TPSA) is 76.1 Å². The number of carbonyl (C=O) groups is 2. The molecule has 2 aliphatic rings. The van der Waals surface area contributed by atoms with Crippen molar-refractivity contribution in [2.45, 2.75) is 31.5 Å². The molecule has 0 bridgehead atoms. The third-order valence-electron chi connectivity index (χ3n) is 7.42. The summed E-state index contributed by atoms with van der Waals surface area (Å²) in [5, 5.41) is 10.5. The number of benzene rings is 3. The summed E-state index contributed by atoms with van der Waals surface area (Å²) in [5.41, 5.74) is 3.36. The minimum absolute atomic E-state index is 0.112. The molecule has 0 radical (unpaired) electrons. The van der Waals surface area contributed by atoms with Gasteiger partial charge in [-0.25, -0.2) is 4.39 Å². The highest BCUT2D eigenvalue weighted by Gasteiger charge is 2.42. The number of ketones is 1. The zero-order valence-corrected chi connectivity index (χ0v) is 23.2. The predicted molar refractivity (Wildman–Crippen MR) is 154 cm³/mol. The zero-order valence-electron chi connectivity index (χ0n) is 22.3. The first-order valence-electron chi connectivity index (χ1n) is 13.4. The second-order valence-electron chi connectivity index (χ2n) is 10.3. The number of allylic oxidation sites excluding steroid dienone is 1. The van der Waals surface area contributed by atoms with Crippen LogP contribution in [0.25, 0.3) is 16.9 Å². The molecule has 6 nitrogen and oxygen atoms in total. The second kappa shape index (κ2) is 12.4. The molecule has 1 N–H and O–H groups in total. The lowest BCUT2D eigenvalue weighted by Crippen LogP contribution is -2.50.